The molecule has 6 heteroatoms. The van der Waals surface area contributed by atoms with E-state index in [1.807, 2.05) is 7.05 Å². The number of rotatable bonds is 4. The van der Waals surface area contributed by atoms with Crippen LogP contribution in [0.5, 0.6) is 0 Å². The smallest absolute Gasteiger partial charge is 0.391 e. The lowest BCUT2D eigenvalue weighted by Crippen LogP contribution is -2.27. The van der Waals surface area contributed by atoms with Gasteiger partial charge < -0.3 is 9.73 Å². The molecule has 0 bridgehead atoms. The van der Waals surface area contributed by atoms with Crippen LogP contribution in [0.15, 0.2) is 10.6 Å². The fourth-order valence-corrected chi connectivity index (χ4v) is 2.61. The molecule has 3 nitrogen and oxygen atoms in total. The van der Waals surface area contributed by atoms with Crippen molar-refractivity contribution in [3.05, 3.63) is 17.8 Å². The molecule has 0 spiro atoms. The van der Waals surface area contributed by atoms with Crippen LogP contribution >= 0.6 is 0 Å². The van der Waals surface area contributed by atoms with Crippen LogP contribution in [0.3, 0.4) is 0 Å². The maximum atomic E-state index is 12.7. The lowest BCUT2D eigenvalue weighted by molar-refractivity contribution is -0.183. The highest BCUT2D eigenvalue weighted by Gasteiger charge is 2.43. The van der Waals surface area contributed by atoms with Crippen LogP contribution in [0.25, 0.3) is 0 Å². The van der Waals surface area contributed by atoms with E-state index in [2.05, 4.69) is 10.3 Å². The minimum Gasteiger partial charge on any atom is -0.445 e. The highest BCUT2D eigenvalue weighted by atomic mass is 19.4. The largest absolute Gasteiger partial charge is 0.445 e. The Bertz CT molecular complexity index is 403. The van der Waals surface area contributed by atoms with Crippen LogP contribution in [0, 0.1) is 5.92 Å². The number of aromatic nitrogens is 1. The quantitative estimate of drug-likeness (QED) is 0.917. The fourth-order valence-electron chi connectivity index (χ4n) is 2.61. The van der Waals surface area contributed by atoms with Gasteiger partial charge in [0.05, 0.1) is 12.1 Å². The summed E-state index contributed by atoms with van der Waals surface area (Å²) in [5.74, 6) is -0.133. The third kappa shape index (κ3) is 3.72. The summed E-state index contributed by atoms with van der Waals surface area (Å²) in [5, 5.41) is 2.98. The van der Waals surface area contributed by atoms with Crippen LogP contribution in [0.2, 0.25) is 0 Å². The molecule has 2 rings (SSSR count). The lowest BCUT2D eigenvalue weighted by atomic mass is 9.80. The van der Waals surface area contributed by atoms with Crippen LogP contribution < -0.4 is 5.32 Å². The summed E-state index contributed by atoms with van der Waals surface area (Å²) in [7, 11) is 1.83. The summed E-state index contributed by atoms with van der Waals surface area (Å²) in [4.78, 5) is 4.13. The van der Waals surface area contributed by atoms with Gasteiger partial charge in [0, 0.05) is 18.9 Å². The normalized spacial score (nSPS) is 24.6. The van der Waals surface area contributed by atoms with Crippen molar-refractivity contribution in [3.63, 3.8) is 0 Å². The Morgan fingerprint density at radius 2 is 2.21 bits per heavy atom. The van der Waals surface area contributed by atoms with Crippen LogP contribution in [-0.4, -0.2) is 24.8 Å². The molecule has 0 amide bonds. The molecule has 0 radical (unpaired) electrons. The first-order chi connectivity index (χ1) is 9.00. The average molecular weight is 276 g/mol. The van der Waals surface area contributed by atoms with Crippen molar-refractivity contribution in [2.75, 3.05) is 13.6 Å². The number of hydrogen-bond acceptors (Lipinski definition) is 3. The molecular weight excluding hydrogens is 257 g/mol. The molecule has 1 N–H and O–H groups in total. The van der Waals surface area contributed by atoms with Gasteiger partial charge in [0.15, 0.2) is 5.89 Å². The Balaban J connectivity index is 1.99. The first-order valence-corrected chi connectivity index (χ1v) is 6.66. The van der Waals surface area contributed by atoms with E-state index >= 15 is 0 Å². The number of halogens is 3. The Morgan fingerprint density at radius 1 is 1.42 bits per heavy atom. The minimum absolute atomic E-state index is 0.129. The SMILES string of the molecule is CNCCc1ncc(C2CCCC(C(F)(F)F)C2)o1. The molecule has 1 saturated carbocycles. The average Bonchev–Trinajstić information content (AvgIpc) is 2.84. The fraction of sp³-hybridized carbons (Fsp3) is 0.769. The number of nitrogens with one attached hydrogen (secondary N) is 1. The number of alkyl halides is 3. The topological polar surface area (TPSA) is 38.1 Å². The van der Waals surface area contributed by atoms with E-state index in [0.29, 0.717) is 24.5 Å². The maximum Gasteiger partial charge on any atom is 0.391 e. The molecule has 108 valence electrons. The second-order valence-corrected chi connectivity index (χ2v) is 5.11. The first kappa shape index (κ1) is 14.4. The van der Waals surface area contributed by atoms with Crippen molar-refractivity contribution in [1.29, 1.82) is 0 Å². The third-order valence-corrected chi connectivity index (χ3v) is 3.70. The predicted molar refractivity (Wildman–Crippen MR) is 64.9 cm³/mol. The Morgan fingerprint density at radius 3 is 2.89 bits per heavy atom. The summed E-state index contributed by atoms with van der Waals surface area (Å²) < 4.78 is 43.8. The van der Waals surface area contributed by atoms with E-state index in [1.165, 1.54) is 0 Å². The molecule has 19 heavy (non-hydrogen) atoms. The van der Waals surface area contributed by atoms with E-state index in [-0.39, 0.29) is 18.8 Å². The summed E-state index contributed by atoms with van der Waals surface area (Å²) >= 11 is 0. The molecule has 1 aromatic rings. The molecule has 0 aromatic carbocycles. The second kappa shape index (κ2) is 5.94. The van der Waals surface area contributed by atoms with Gasteiger partial charge in [0.2, 0.25) is 0 Å². The third-order valence-electron chi connectivity index (χ3n) is 3.70. The van der Waals surface area contributed by atoms with Crippen LogP contribution in [0.1, 0.15) is 43.3 Å². The summed E-state index contributed by atoms with van der Waals surface area (Å²) in [6.45, 7) is 0.746. The second-order valence-electron chi connectivity index (χ2n) is 5.11. The standard InChI is InChI=1S/C13H19F3N2O/c1-17-6-5-12-18-8-11(19-12)9-3-2-4-10(7-9)13(14,15)16/h8-10,17H,2-7H2,1H3. The van der Waals surface area contributed by atoms with Crippen molar-refractivity contribution in [3.8, 4) is 0 Å². The van der Waals surface area contributed by atoms with Crippen molar-refractivity contribution in [2.24, 2.45) is 5.92 Å². The van der Waals surface area contributed by atoms with Gasteiger partial charge in [0.25, 0.3) is 0 Å². The van der Waals surface area contributed by atoms with Crippen LogP contribution in [-0.2, 0) is 6.42 Å². The van der Waals surface area contributed by atoms with E-state index < -0.39 is 12.1 Å². The molecule has 2 atom stereocenters. The van der Waals surface area contributed by atoms with Gasteiger partial charge in [-0.3, -0.25) is 0 Å². The van der Waals surface area contributed by atoms with E-state index in [9.17, 15) is 13.2 Å². The van der Waals surface area contributed by atoms with Gasteiger partial charge in [0.1, 0.15) is 5.76 Å². The highest BCUT2D eigenvalue weighted by Crippen LogP contribution is 2.43. The molecule has 1 aromatic heterocycles. The monoisotopic (exact) mass is 276 g/mol. The minimum atomic E-state index is -4.09. The van der Waals surface area contributed by atoms with Crippen LogP contribution in [0.4, 0.5) is 13.2 Å². The van der Waals surface area contributed by atoms with Gasteiger partial charge in [-0.2, -0.15) is 13.2 Å². The number of nitrogens with zero attached hydrogens (tertiary/aromatic N) is 1. The zero-order chi connectivity index (χ0) is 13.9. The molecule has 0 saturated heterocycles. The van der Waals surface area contributed by atoms with E-state index in [1.54, 1.807) is 6.20 Å². The van der Waals surface area contributed by atoms with Crippen molar-refractivity contribution in [2.45, 2.75) is 44.2 Å². The van der Waals surface area contributed by atoms with Gasteiger partial charge in [-0.05, 0) is 26.3 Å². The predicted octanol–water partition coefficient (Wildman–Crippen LogP) is 3.27. The molecule has 1 aliphatic carbocycles. The van der Waals surface area contributed by atoms with Gasteiger partial charge >= 0.3 is 6.18 Å². The number of oxazole rings is 1. The van der Waals surface area contributed by atoms with Gasteiger partial charge in [-0.25, -0.2) is 4.98 Å². The Kier molecular flexibility index (Phi) is 4.50. The molecule has 1 fully saturated rings. The zero-order valence-corrected chi connectivity index (χ0v) is 11.0. The maximum absolute atomic E-state index is 12.7. The molecule has 0 aliphatic heterocycles. The number of hydrogen-bond donors (Lipinski definition) is 1. The van der Waals surface area contributed by atoms with Gasteiger partial charge in [-0.15, -0.1) is 0 Å². The molecular formula is C13H19F3N2O. The van der Waals surface area contributed by atoms with Crippen molar-refractivity contribution >= 4 is 0 Å². The molecule has 1 aliphatic rings. The van der Waals surface area contributed by atoms with E-state index in [0.717, 1.165) is 13.0 Å². The first-order valence-electron chi connectivity index (χ1n) is 6.66. The molecule has 2 unspecified atom stereocenters. The summed E-state index contributed by atoms with van der Waals surface area (Å²) in [6, 6.07) is 0. The molecule has 1 heterocycles. The highest BCUT2D eigenvalue weighted by molar-refractivity contribution is 5.04. The lowest BCUT2D eigenvalue weighted by Gasteiger charge is -2.29. The van der Waals surface area contributed by atoms with Gasteiger partial charge in [-0.1, -0.05) is 6.42 Å². The zero-order valence-electron chi connectivity index (χ0n) is 11.0. The Labute approximate surface area is 110 Å². The number of likely N-dealkylation sites (N-methyl/N-ethyl adjacent to an activating group) is 1. The Hall–Kier alpha value is -1.04. The van der Waals surface area contributed by atoms with E-state index in [4.69, 9.17) is 4.42 Å². The van der Waals surface area contributed by atoms with Crippen molar-refractivity contribution < 1.29 is 17.6 Å². The summed E-state index contributed by atoms with van der Waals surface area (Å²) in [5.41, 5.74) is 0. The summed E-state index contributed by atoms with van der Waals surface area (Å²) in [6.07, 6.45) is -0.118. The van der Waals surface area contributed by atoms with Crippen molar-refractivity contribution in [1.82, 2.24) is 10.3 Å².